The monoisotopic (exact) mass is 409 g/mol. The summed E-state index contributed by atoms with van der Waals surface area (Å²) in [5.74, 6) is 0.487. The van der Waals surface area contributed by atoms with E-state index in [2.05, 4.69) is 56.5 Å². The third-order valence-corrected chi connectivity index (χ3v) is 5.87. The molecular formula is C23H27N3O2S. The van der Waals surface area contributed by atoms with E-state index in [-0.39, 0.29) is 16.7 Å². The average Bonchev–Trinajstić information content (AvgIpc) is 3.12. The lowest BCUT2D eigenvalue weighted by molar-refractivity contribution is -0.384. The van der Waals surface area contributed by atoms with Gasteiger partial charge in [0.05, 0.1) is 16.3 Å². The summed E-state index contributed by atoms with van der Waals surface area (Å²) >= 11 is 1.57. The van der Waals surface area contributed by atoms with Gasteiger partial charge >= 0.3 is 0 Å². The zero-order chi connectivity index (χ0) is 21.0. The zero-order valence-corrected chi connectivity index (χ0v) is 18.1. The topological polar surface area (TPSA) is 60.4 Å². The molecule has 0 aliphatic rings. The molecule has 0 bridgehead atoms. The molecule has 0 amide bonds. The second-order valence-electron chi connectivity index (χ2n) is 7.58. The average molecular weight is 410 g/mol. The van der Waals surface area contributed by atoms with Gasteiger partial charge in [0, 0.05) is 29.1 Å². The molecule has 1 unspecified atom stereocenters. The maximum atomic E-state index is 11.2. The van der Waals surface area contributed by atoms with Gasteiger partial charge in [-0.2, -0.15) is 0 Å². The van der Waals surface area contributed by atoms with Crippen molar-refractivity contribution >= 4 is 22.7 Å². The quantitative estimate of drug-likeness (QED) is 0.317. The summed E-state index contributed by atoms with van der Waals surface area (Å²) in [4.78, 5) is 16.7. The minimum absolute atomic E-state index is 0.103. The second-order valence-corrected chi connectivity index (χ2v) is 8.41. The number of non-ortho nitro benzene ring substituents is 1. The van der Waals surface area contributed by atoms with Gasteiger partial charge in [-0.3, -0.25) is 10.1 Å². The van der Waals surface area contributed by atoms with Crippen molar-refractivity contribution in [2.75, 3.05) is 0 Å². The van der Waals surface area contributed by atoms with Crippen LogP contribution in [0.15, 0.2) is 58.9 Å². The van der Waals surface area contributed by atoms with E-state index in [9.17, 15) is 10.1 Å². The predicted octanol–water partition coefficient (Wildman–Crippen LogP) is 6.84. The first kappa shape index (κ1) is 21.0. The van der Waals surface area contributed by atoms with Crippen LogP contribution in [0.1, 0.15) is 58.1 Å². The number of thiazole rings is 1. The van der Waals surface area contributed by atoms with Crippen molar-refractivity contribution in [1.29, 1.82) is 0 Å². The molecule has 29 heavy (non-hydrogen) atoms. The highest BCUT2D eigenvalue weighted by Gasteiger charge is 2.16. The number of hydrogen-bond acceptors (Lipinski definition) is 4. The molecule has 1 aromatic heterocycles. The third kappa shape index (κ3) is 4.82. The molecule has 0 spiro atoms. The molecule has 0 aliphatic carbocycles. The molecule has 2 aromatic carbocycles. The highest BCUT2D eigenvalue weighted by molar-refractivity contribution is 7.07. The van der Waals surface area contributed by atoms with Crippen LogP contribution < -0.4 is 4.80 Å². The molecule has 0 aliphatic heterocycles. The van der Waals surface area contributed by atoms with Crippen molar-refractivity contribution in [3.8, 4) is 11.3 Å². The molecule has 5 nitrogen and oxygen atoms in total. The van der Waals surface area contributed by atoms with Gasteiger partial charge in [-0.25, -0.2) is 4.99 Å². The Morgan fingerprint density at radius 2 is 1.86 bits per heavy atom. The number of nitrogens with zero attached hydrogens (tertiary/aromatic N) is 3. The van der Waals surface area contributed by atoms with Gasteiger partial charge in [-0.15, -0.1) is 11.3 Å². The van der Waals surface area contributed by atoms with E-state index in [0.717, 1.165) is 34.6 Å². The van der Waals surface area contributed by atoms with Crippen LogP contribution in [0, 0.1) is 10.1 Å². The van der Waals surface area contributed by atoms with Crippen molar-refractivity contribution in [2.45, 2.75) is 52.5 Å². The lowest BCUT2D eigenvalue weighted by Crippen LogP contribution is -2.19. The molecule has 1 heterocycles. The Hall–Kier alpha value is -2.73. The van der Waals surface area contributed by atoms with Crippen LogP contribution in [0.4, 0.5) is 11.4 Å². The smallest absolute Gasteiger partial charge is 0.270 e. The first-order valence-electron chi connectivity index (χ1n) is 10.00. The van der Waals surface area contributed by atoms with E-state index in [0.29, 0.717) is 5.92 Å². The van der Waals surface area contributed by atoms with Crippen LogP contribution in [0.25, 0.3) is 11.3 Å². The van der Waals surface area contributed by atoms with Gasteiger partial charge in [-0.05, 0) is 37.0 Å². The van der Waals surface area contributed by atoms with Crippen molar-refractivity contribution in [3.63, 3.8) is 0 Å². The number of nitro groups is 1. The number of aromatic nitrogens is 1. The number of rotatable bonds is 7. The van der Waals surface area contributed by atoms with Crippen molar-refractivity contribution in [3.05, 3.63) is 74.4 Å². The standard InChI is InChI=1S/C23H27N3O2S/c1-5-7-17(4)25-22(19-8-6-9-21(14-19)26(27)28)15-29-23(25)24-20-12-10-18(11-13-20)16(2)3/h6,8-17H,5,7H2,1-4H3. The number of hydrogen-bond donors (Lipinski definition) is 0. The molecule has 1 atom stereocenters. The highest BCUT2D eigenvalue weighted by Crippen LogP contribution is 2.28. The first-order chi connectivity index (χ1) is 13.9. The van der Waals surface area contributed by atoms with E-state index in [4.69, 9.17) is 4.99 Å². The van der Waals surface area contributed by atoms with Crippen LogP contribution >= 0.6 is 11.3 Å². The minimum Gasteiger partial charge on any atom is -0.314 e. The van der Waals surface area contributed by atoms with Crippen molar-refractivity contribution in [1.82, 2.24) is 4.57 Å². The molecule has 3 aromatic rings. The van der Waals surface area contributed by atoms with Crippen LogP contribution in [0.2, 0.25) is 0 Å². The van der Waals surface area contributed by atoms with Crippen LogP contribution in [0.3, 0.4) is 0 Å². The van der Waals surface area contributed by atoms with Gasteiger partial charge in [0.1, 0.15) is 0 Å². The van der Waals surface area contributed by atoms with Gasteiger partial charge in [-0.1, -0.05) is 51.5 Å². The summed E-state index contributed by atoms with van der Waals surface area (Å²) in [7, 11) is 0. The molecule has 0 saturated heterocycles. The van der Waals surface area contributed by atoms with Crippen molar-refractivity contribution < 1.29 is 4.92 Å². The fourth-order valence-corrected chi connectivity index (χ4v) is 4.42. The maximum absolute atomic E-state index is 11.2. The maximum Gasteiger partial charge on any atom is 0.270 e. The normalized spacial score (nSPS) is 13.1. The molecule has 0 fully saturated rings. The SMILES string of the molecule is CCCC(C)n1c(-c2cccc([N+](=O)[O-])c2)csc1=Nc1ccc(C(C)C)cc1. The van der Waals surface area contributed by atoms with Gasteiger partial charge in [0.25, 0.3) is 5.69 Å². The fourth-order valence-electron chi connectivity index (χ4n) is 3.41. The first-order valence-corrected chi connectivity index (χ1v) is 10.9. The minimum atomic E-state index is -0.350. The Kier molecular flexibility index (Phi) is 6.64. The van der Waals surface area contributed by atoms with E-state index in [1.165, 1.54) is 11.6 Å². The Bertz CT molecular complexity index is 1050. The highest BCUT2D eigenvalue weighted by atomic mass is 32.1. The van der Waals surface area contributed by atoms with Gasteiger partial charge in [0.15, 0.2) is 4.80 Å². The summed E-state index contributed by atoms with van der Waals surface area (Å²) < 4.78 is 2.21. The molecule has 152 valence electrons. The Morgan fingerprint density at radius 1 is 1.14 bits per heavy atom. The summed E-state index contributed by atoms with van der Waals surface area (Å²) in [6.07, 6.45) is 2.07. The van der Waals surface area contributed by atoms with E-state index in [1.807, 2.05) is 11.4 Å². The number of nitro benzene ring substituents is 1. The molecule has 0 N–H and O–H groups in total. The Labute approximate surface area is 175 Å². The third-order valence-electron chi connectivity index (χ3n) is 5.03. The summed E-state index contributed by atoms with van der Waals surface area (Å²) in [5, 5.41) is 13.3. The molecular weight excluding hydrogens is 382 g/mol. The second kappa shape index (κ2) is 9.18. The molecule has 6 heteroatoms. The zero-order valence-electron chi connectivity index (χ0n) is 17.3. The predicted molar refractivity (Wildman–Crippen MR) is 120 cm³/mol. The van der Waals surface area contributed by atoms with Crippen LogP contribution in [-0.4, -0.2) is 9.49 Å². The fraction of sp³-hybridized carbons (Fsp3) is 0.348. The Balaban J connectivity index is 2.11. The van der Waals surface area contributed by atoms with Crippen LogP contribution in [0.5, 0.6) is 0 Å². The molecule has 0 saturated carbocycles. The number of benzene rings is 2. The lowest BCUT2D eigenvalue weighted by atomic mass is 10.0. The summed E-state index contributed by atoms with van der Waals surface area (Å²) in [6, 6.07) is 15.4. The lowest BCUT2D eigenvalue weighted by Gasteiger charge is -2.16. The largest absolute Gasteiger partial charge is 0.314 e. The van der Waals surface area contributed by atoms with Crippen LogP contribution in [-0.2, 0) is 0 Å². The van der Waals surface area contributed by atoms with E-state index >= 15 is 0 Å². The van der Waals surface area contributed by atoms with E-state index in [1.54, 1.807) is 23.5 Å². The van der Waals surface area contributed by atoms with Gasteiger partial charge < -0.3 is 4.57 Å². The van der Waals surface area contributed by atoms with Crippen molar-refractivity contribution in [2.24, 2.45) is 4.99 Å². The summed E-state index contributed by atoms with van der Waals surface area (Å²) in [5.41, 5.74) is 4.12. The molecule has 0 radical (unpaired) electrons. The summed E-state index contributed by atoms with van der Waals surface area (Å²) in [6.45, 7) is 8.70. The van der Waals surface area contributed by atoms with Gasteiger partial charge in [0.2, 0.25) is 0 Å². The molecule has 3 rings (SSSR count). The van der Waals surface area contributed by atoms with E-state index < -0.39 is 0 Å². The Morgan fingerprint density at radius 3 is 2.48 bits per heavy atom.